The van der Waals surface area contributed by atoms with Gasteiger partial charge in [0, 0.05) is 6.42 Å². The van der Waals surface area contributed by atoms with E-state index in [0.29, 0.717) is 0 Å². The first-order valence-corrected chi connectivity index (χ1v) is 6.52. The van der Waals surface area contributed by atoms with Crippen LogP contribution < -0.4 is 10.5 Å². The van der Waals surface area contributed by atoms with Crippen LogP contribution >= 0.6 is 0 Å². The summed E-state index contributed by atoms with van der Waals surface area (Å²) in [4.78, 5) is 0. The van der Waals surface area contributed by atoms with Gasteiger partial charge >= 0.3 is 0 Å². The maximum Gasteiger partial charge on any atom is 0.199 e. The van der Waals surface area contributed by atoms with E-state index in [1.165, 1.54) is 24.0 Å². The molecule has 1 atom stereocenters. The van der Waals surface area contributed by atoms with Crippen LogP contribution in [-0.2, 0) is 17.6 Å². The van der Waals surface area contributed by atoms with E-state index in [2.05, 4.69) is 12.1 Å². The minimum Gasteiger partial charge on any atom is -0.463 e. The molecule has 92 valence electrons. The van der Waals surface area contributed by atoms with Gasteiger partial charge in [-0.25, -0.2) is 0 Å². The molecule has 2 N–H and O–H groups in total. The molecule has 0 aromatic heterocycles. The monoisotopic (exact) mass is 233 g/mol. The molecule has 0 spiro atoms. The van der Waals surface area contributed by atoms with Crippen molar-refractivity contribution in [3.8, 4) is 5.75 Å². The Morgan fingerprint density at radius 1 is 1.12 bits per heavy atom. The molecule has 1 fully saturated rings. The van der Waals surface area contributed by atoms with E-state index >= 15 is 0 Å². The molecular weight excluding hydrogens is 214 g/mol. The van der Waals surface area contributed by atoms with Gasteiger partial charge in [-0.15, -0.1) is 0 Å². The van der Waals surface area contributed by atoms with Gasteiger partial charge in [0.25, 0.3) is 0 Å². The second-order valence-corrected chi connectivity index (χ2v) is 4.93. The largest absolute Gasteiger partial charge is 0.463 e. The lowest BCUT2D eigenvalue weighted by atomic mass is 10.1. The minimum atomic E-state index is -0.106. The van der Waals surface area contributed by atoms with Gasteiger partial charge in [-0.3, -0.25) is 0 Å². The Labute approximate surface area is 102 Å². The summed E-state index contributed by atoms with van der Waals surface area (Å²) in [6, 6.07) is 4.18. The summed E-state index contributed by atoms with van der Waals surface area (Å²) in [5.41, 5.74) is 9.56. The van der Waals surface area contributed by atoms with Gasteiger partial charge in [0.1, 0.15) is 5.75 Å². The zero-order valence-electron chi connectivity index (χ0n) is 10.1. The van der Waals surface area contributed by atoms with E-state index < -0.39 is 0 Å². The number of aryl methyl sites for hydroxylation is 2. The predicted octanol–water partition coefficient (Wildman–Crippen LogP) is 2.66. The zero-order valence-corrected chi connectivity index (χ0v) is 10.1. The summed E-state index contributed by atoms with van der Waals surface area (Å²) in [7, 11) is 0. The van der Waals surface area contributed by atoms with E-state index in [9.17, 15) is 0 Å². The highest BCUT2D eigenvalue weighted by molar-refractivity contribution is 5.58. The molecule has 1 aromatic rings. The fraction of sp³-hybridized carbons (Fsp3) is 0.571. The molecule has 1 unspecified atom stereocenters. The Balaban J connectivity index is 1.78. The second-order valence-electron chi connectivity index (χ2n) is 4.93. The maximum atomic E-state index is 6.03. The first-order chi connectivity index (χ1) is 8.33. The van der Waals surface area contributed by atoms with Crippen LogP contribution in [0.5, 0.6) is 5.75 Å². The summed E-state index contributed by atoms with van der Waals surface area (Å²) in [5.74, 6) is 0.803. The number of fused-ring (bicyclic) bond motifs is 1. The average molecular weight is 233 g/mol. The quantitative estimate of drug-likeness (QED) is 0.799. The predicted molar refractivity (Wildman–Crippen MR) is 67.1 cm³/mol. The normalized spacial score (nSPS) is 23.4. The molecule has 1 aromatic carbocycles. The topological polar surface area (TPSA) is 44.5 Å². The van der Waals surface area contributed by atoms with E-state index in [0.717, 1.165) is 43.7 Å². The maximum absolute atomic E-state index is 6.03. The zero-order chi connectivity index (χ0) is 11.7. The fourth-order valence-corrected chi connectivity index (χ4v) is 2.67. The molecule has 0 radical (unpaired) electrons. The van der Waals surface area contributed by atoms with Gasteiger partial charge in [0.05, 0.1) is 12.3 Å². The van der Waals surface area contributed by atoms with Crippen molar-refractivity contribution >= 4 is 5.69 Å². The van der Waals surface area contributed by atoms with E-state index in [4.69, 9.17) is 15.2 Å². The highest BCUT2D eigenvalue weighted by Crippen LogP contribution is 2.33. The SMILES string of the molecule is Nc1cc2c(cc1OC1CCCCO1)CCC2. The van der Waals surface area contributed by atoms with Crippen LogP contribution in [0, 0.1) is 0 Å². The number of hydrogen-bond donors (Lipinski definition) is 1. The van der Waals surface area contributed by atoms with Crippen LogP contribution in [0.25, 0.3) is 0 Å². The van der Waals surface area contributed by atoms with Gasteiger partial charge < -0.3 is 15.2 Å². The smallest absolute Gasteiger partial charge is 0.199 e. The lowest BCUT2D eigenvalue weighted by molar-refractivity contribution is -0.105. The van der Waals surface area contributed by atoms with Crippen molar-refractivity contribution in [2.24, 2.45) is 0 Å². The number of nitrogen functional groups attached to an aromatic ring is 1. The summed E-state index contributed by atoms with van der Waals surface area (Å²) in [6.07, 6.45) is 6.71. The lowest BCUT2D eigenvalue weighted by Gasteiger charge is -2.24. The first-order valence-electron chi connectivity index (χ1n) is 6.52. The summed E-state index contributed by atoms with van der Waals surface area (Å²) < 4.78 is 11.4. The van der Waals surface area contributed by atoms with Crippen LogP contribution in [0.15, 0.2) is 12.1 Å². The van der Waals surface area contributed by atoms with Crippen LogP contribution in [-0.4, -0.2) is 12.9 Å². The highest BCUT2D eigenvalue weighted by atomic mass is 16.7. The van der Waals surface area contributed by atoms with E-state index in [1.54, 1.807) is 0 Å². The molecule has 3 nitrogen and oxygen atoms in total. The van der Waals surface area contributed by atoms with Crippen molar-refractivity contribution in [3.63, 3.8) is 0 Å². The molecule has 1 aliphatic carbocycles. The molecule has 0 amide bonds. The molecule has 1 heterocycles. The second kappa shape index (κ2) is 4.57. The van der Waals surface area contributed by atoms with Gasteiger partial charge in [-0.2, -0.15) is 0 Å². The molecular formula is C14H19NO2. The summed E-state index contributed by atoms with van der Waals surface area (Å²) in [5, 5.41) is 0. The van der Waals surface area contributed by atoms with Crippen LogP contribution in [0.1, 0.15) is 36.8 Å². The molecule has 0 bridgehead atoms. The van der Waals surface area contributed by atoms with Crippen molar-refractivity contribution in [2.45, 2.75) is 44.8 Å². The van der Waals surface area contributed by atoms with Crippen LogP contribution in [0.2, 0.25) is 0 Å². The molecule has 1 aliphatic heterocycles. The summed E-state index contributed by atoms with van der Waals surface area (Å²) in [6.45, 7) is 0.801. The number of ether oxygens (including phenoxy) is 2. The number of rotatable bonds is 2. The van der Waals surface area contributed by atoms with Gasteiger partial charge in [-0.1, -0.05) is 0 Å². The number of anilines is 1. The average Bonchev–Trinajstić information content (AvgIpc) is 2.78. The highest BCUT2D eigenvalue weighted by Gasteiger charge is 2.19. The first kappa shape index (κ1) is 10.9. The molecule has 0 saturated carbocycles. The molecule has 3 rings (SSSR count). The van der Waals surface area contributed by atoms with Gasteiger partial charge in [0.2, 0.25) is 0 Å². The number of benzene rings is 1. The van der Waals surface area contributed by atoms with Gasteiger partial charge in [0.15, 0.2) is 6.29 Å². The fourth-order valence-electron chi connectivity index (χ4n) is 2.67. The van der Waals surface area contributed by atoms with Crippen molar-refractivity contribution in [1.29, 1.82) is 0 Å². The Morgan fingerprint density at radius 2 is 1.94 bits per heavy atom. The molecule has 2 aliphatic rings. The molecule has 3 heteroatoms. The Kier molecular flexibility index (Phi) is 2.93. The third-order valence-corrected chi connectivity index (χ3v) is 3.62. The summed E-state index contributed by atoms with van der Waals surface area (Å²) >= 11 is 0. The number of hydrogen-bond acceptors (Lipinski definition) is 3. The molecule has 1 saturated heterocycles. The van der Waals surface area contributed by atoms with Crippen molar-refractivity contribution in [1.82, 2.24) is 0 Å². The van der Waals surface area contributed by atoms with E-state index in [-0.39, 0.29) is 6.29 Å². The van der Waals surface area contributed by atoms with Crippen molar-refractivity contribution in [2.75, 3.05) is 12.3 Å². The van der Waals surface area contributed by atoms with E-state index in [1.807, 2.05) is 0 Å². The number of nitrogens with two attached hydrogens (primary N) is 1. The Hall–Kier alpha value is -1.22. The van der Waals surface area contributed by atoms with Crippen molar-refractivity contribution in [3.05, 3.63) is 23.3 Å². The minimum absolute atomic E-state index is 0.106. The third-order valence-electron chi connectivity index (χ3n) is 3.62. The van der Waals surface area contributed by atoms with Gasteiger partial charge in [-0.05, 0) is 55.4 Å². The Morgan fingerprint density at radius 3 is 2.71 bits per heavy atom. The van der Waals surface area contributed by atoms with Crippen molar-refractivity contribution < 1.29 is 9.47 Å². The van der Waals surface area contributed by atoms with Crippen LogP contribution in [0.3, 0.4) is 0 Å². The third kappa shape index (κ3) is 2.25. The lowest BCUT2D eigenvalue weighted by Crippen LogP contribution is -2.25. The standard InChI is InChI=1S/C14H19NO2/c15-12-8-10-4-3-5-11(10)9-13(12)17-14-6-1-2-7-16-14/h8-9,14H,1-7,15H2. The molecule has 17 heavy (non-hydrogen) atoms. The Bertz CT molecular complexity index is 411. The van der Waals surface area contributed by atoms with Crippen LogP contribution in [0.4, 0.5) is 5.69 Å².